The zero-order valence-electron chi connectivity index (χ0n) is 12.9. The minimum atomic E-state index is -0.769. The van der Waals surface area contributed by atoms with E-state index < -0.39 is 11.6 Å². The first-order chi connectivity index (χ1) is 10.1. The van der Waals surface area contributed by atoms with Gasteiger partial charge in [-0.2, -0.15) is 0 Å². The highest BCUT2D eigenvalue weighted by Gasteiger charge is 2.22. The van der Waals surface area contributed by atoms with Gasteiger partial charge in [-0.1, -0.05) is 19.1 Å². The number of rotatable bonds is 6. The first kappa shape index (κ1) is 16.3. The Labute approximate surface area is 125 Å². The molecule has 1 saturated heterocycles. The van der Waals surface area contributed by atoms with Gasteiger partial charge in [0.05, 0.1) is 0 Å². The van der Waals surface area contributed by atoms with Crippen molar-refractivity contribution < 1.29 is 8.78 Å². The Hall–Kier alpha value is -1.04. The summed E-state index contributed by atoms with van der Waals surface area (Å²) >= 11 is 0. The van der Waals surface area contributed by atoms with E-state index in [2.05, 4.69) is 29.1 Å². The zero-order valence-corrected chi connectivity index (χ0v) is 12.9. The maximum Gasteiger partial charge on any atom is 0.163 e. The van der Waals surface area contributed by atoms with Gasteiger partial charge in [0.15, 0.2) is 11.6 Å². The highest BCUT2D eigenvalue weighted by Crippen LogP contribution is 2.21. The summed E-state index contributed by atoms with van der Waals surface area (Å²) in [7, 11) is 2.11. The maximum absolute atomic E-state index is 14.1. The molecule has 1 aliphatic heterocycles. The van der Waals surface area contributed by atoms with Crippen molar-refractivity contribution in [3.63, 3.8) is 0 Å². The van der Waals surface area contributed by atoms with Crippen LogP contribution < -0.4 is 5.32 Å². The van der Waals surface area contributed by atoms with Crippen LogP contribution in [0.25, 0.3) is 0 Å². The van der Waals surface area contributed by atoms with Gasteiger partial charge in [0.2, 0.25) is 0 Å². The summed E-state index contributed by atoms with van der Waals surface area (Å²) in [5, 5.41) is 3.35. The molecule has 5 heteroatoms. The van der Waals surface area contributed by atoms with E-state index in [1.165, 1.54) is 6.07 Å². The summed E-state index contributed by atoms with van der Waals surface area (Å²) in [6, 6.07) is 4.27. The van der Waals surface area contributed by atoms with Gasteiger partial charge in [-0.3, -0.25) is 4.90 Å². The molecule has 1 aromatic rings. The van der Waals surface area contributed by atoms with E-state index in [0.717, 1.165) is 39.1 Å². The molecule has 0 amide bonds. The molecule has 1 unspecified atom stereocenters. The number of hydrogen-bond donors (Lipinski definition) is 1. The lowest BCUT2D eigenvalue weighted by Crippen LogP contribution is -2.47. The van der Waals surface area contributed by atoms with E-state index in [0.29, 0.717) is 12.1 Å². The minimum Gasteiger partial charge on any atom is -0.309 e. The van der Waals surface area contributed by atoms with Crippen LogP contribution in [0.5, 0.6) is 0 Å². The van der Waals surface area contributed by atoms with E-state index >= 15 is 0 Å². The van der Waals surface area contributed by atoms with Gasteiger partial charge in [-0.05, 0) is 26.1 Å². The lowest BCUT2D eigenvalue weighted by atomic mass is 10.0. The average Bonchev–Trinajstić information content (AvgIpc) is 2.48. The Bertz CT molecular complexity index is 445. The van der Waals surface area contributed by atoms with Crippen molar-refractivity contribution in [2.75, 3.05) is 46.3 Å². The maximum atomic E-state index is 14.1. The van der Waals surface area contributed by atoms with Gasteiger partial charge in [-0.25, -0.2) is 8.78 Å². The SMILES string of the molecule is CCCNC(CN1CCN(C)CC1)c1cccc(F)c1F. The largest absolute Gasteiger partial charge is 0.309 e. The zero-order chi connectivity index (χ0) is 15.2. The second-order valence-electron chi connectivity index (χ2n) is 5.75. The van der Waals surface area contributed by atoms with Crippen LogP contribution in [0.3, 0.4) is 0 Å². The third-order valence-corrected chi connectivity index (χ3v) is 4.03. The number of likely N-dealkylation sites (N-methyl/N-ethyl adjacent to an activating group) is 1. The highest BCUT2D eigenvalue weighted by molar-refractivity contribution is 5.23. The molecule has 118 valence electrons. The first-order valence-electron chi connectivity index (χ1n) is 7.70. The quantitative estimate of drug-likeness (QED) is 0.869. The molecule has 3 nitrogen and oxygen atoms in total. The van der Waals surface area contributed by atoms with Crippen molar-refractivity contribution in [2.45, 2.75) is 19.4 Å². The van der Waals surface area contributed by atoms with E-state index in [4.69, 9.17) is 0 Å². The standard InChI is InChI=1S/C16H25F2N3/c1-3-7-19-15(12-21-10-8-20(2)9-11-21)13-5-4-6-14(17)16(13)18/h4-6,15,19H,3,7-12H2,1-2H3. The van der Waals surface area contributed by atoms with E-state index in [1.807, 2.05) is 0 Å². The third-order valence-electron chi connectivity index (χ3n) is 4.03. The van der Waals surface area contributed by atoms with Crippen molar-refractivity contribution in [1.29, 1.82) is 0 Å². The Kier molecular flexibility index (Phi) is 6.08. The molecule has 0 radical (unpaired) electrons. The van der Waals surface area contributed by atoms with Crippen molar-refractivity contribution in [3.05, 3.63) is 35.4 Å². The fourth-order valence-electron chi connectivity index (χ4n) is 2.67. The molecule has 0 bridgehead atoms. The molecule has 1 aliphatic rings. The van der Waals surface area contributed by atoms with Crippen LogP contribution in [-0.4, -0.2) is 56.1 Å². The monoisotopic (exact) mass is 297 g/mol. The predicted octanol–water partition coefficient (Wildman–Crippen LogP) is 2.25. The van der Waals surface area contributed by atoms with Gasteiger partial charge in [-0.15, -0.1) is 0 Å². The Balaban J connectivity index is 2.08. The molecule has 1 aromatic carbocycles. The number of piperazine rings is 1. The second-order valence-corrected chi connectivity index (χ2v) is 5.75. The number of benzene rings is 1. The second kappa shape index (κ2) is 7.82. The van der Waals surface area contributed by atoms with Crippen LogP contribution in [0.4, 0.5) is 8.78 Å². The molecule has 0 spiro atoms. The molecule has 1 fully saturated rings. The first-order valence-corrected chi connectivity index (χ1v) is 7.70. The fourth-order valence-corrected chi connectivity index (χ4v) is 2.67. The van der Waals surface area contributed by atoms with Crippen LogP contribution in [0.1, 0.15) is 24.9 Å². The van der Waals surface area contributed by atoms with Crippen LogP contribution in [0.15, 0.2) is 18.2 Å². The van der Waals surface area contributed by atoms with Crippen LogP contribution in [-0.2, 0) is 0 Å². The molecule has 1 N–H and O–H groups in total. The van der Waals surface area contributed by atoms with Gasteiger partial charge < -0.3 is 10.2 Å². The van der Waals surface area contributed by atoms with Crippen molar-refractivity contribution in [2.24, 2.45) is 0 Å². The molecule has 0 aromatic heterocycles. The summed E-state index contributed by atoms with van der Waals surface area (Å²) < 4.78 is 27.5. The fraction of sp³-hybridized carbons (Fsp3) is 0.625. The summed E-state index contributed by atoms with van der Waals surface area (Å²) in [4.78, 5) is 4.60. The molecular weight excluding hydrogens is 272 g/mol. The van der Waals surface area contributed by atoms with Crippen LogP contribution >= 0.6 is 0 Å². The normalized spacial score (nSPS) is 18.9. The van der Waals surface area contributed by atoms with Gasteiger partial charge in [0.1, 0.15) is 0 Å². The molecule has 2 rings (SSSR count). The molecule has 1 heterocycles. The van der Waals surface area contributed by atoms with Crippen LogP contribution in [0, 0.1) is 11.6 Å². The van der Waals surface area contributed by atoms with Crippen molar-refractivity contribution in [3.8, 4) is 0 Å². The van der Waals surface area contributed by atoms with Gasteiger partial charge in [0, 0.05) is 44.3 Å². The van der Waals surface area contributed by atoms with Crippen molar-refractivity contribution >= 4 is 0 Å². The minimum absolute atomic E-state index is 0.163. The van der Waals surface area contributed by atoms with Gasteiger partial charge >= 0.3 is 0 Å². The number of nitrogens with one attached hydrogen (secondary N) is 1. The Morgan fingerprint density at radius 2 is 1.90 bits per heavy atom. The molecule has 0 aliphatic carbocycles. The molecule has 0 saturated carbocycles. The van der Waals surface area contributed by atoms with Gasteiger partial charge in [0.25, 0.3) is 0 Å². The van der Waals surface area contributed by atoms with E-state index in [9.17, 15) is 8.78 Å². The third kappa shape index (κ3) is 4.46. The molecule has 1 atom stereocenters. The Morgan fingerprint density at radius 3 is 2.57 bits per heavy atom. The lowest BCUT2D eigenvalue weighted by Gasteiger charge is -2.35. The predicted molar refractivity (Wildman–Crippen MR) is 81.3 cm³/mol. The average molecular weight is 297 g/mol. The number of nitrogens with zero attached hydrogens (tertiary/aromatic N) is 2. The smallest absolute Gasteiger partial charge is 0.163 e. The summed E-state index contributed by atoms with van der Waals surface area (Å²) in [5.74, 6) is -1.49. The lowest BCUT2D eigenvalue weighted by molar-refractivity contribution is 0.141. The van der Waals surface area contributed by atoms with E-state index in [-0.39, 0.29) is 6.04 Å². The highest BCUT2D eigenvalue weighted by atomic mass is 19.2. The molecule has 21 heavy (non-hydrogen) atoms. The van der Waals surface area contributed by atoms with Crippen LogP contribution in [0.2, 0.25) is 0 Å². The topological polar surface area (TPSA) is 18.5 Å². The Morgan fingerprint density at radius 1 is 1.19 bits per heavy atom. The summed E-state index contributed by atoms with van der Waals surface area (Å²) in [6.07, 6.45) is 0.968. The molecular formula is C16H25F2N3. The number of hydrogen-bond acceptors (Lipinski definition) is 3. The van der Waals surface area contributed by atoms with Crippen molar-refractivity contribution in [1.82, 2.24) is 15.1 Å². The summed E-state index contributed by atoms with van der Waals surface area (Å²) in [5.41, 5.74) is 0.433. The summed E-state index contributed by atoms with van der Waals surface area (Å²) in [6.45, 7) is 7.57. The van der Waals surface area contributed by atoms with E-state index in [1.54, 1.807) is 12.1 Å². The number of halogens is 2.